The lowest BCUT2D eigenvalue weighted by Crippen LogP contribution is -2.35. The third-order valence-corrected chi connectivity index (χ3v) is 4.89. The highest BCUT2D eigenvalue weighted by molar-refractivity contribution is 9.10. The van der Waals surface area contributed by atoms with E-state index < -0.39 is 5.91 Å². The second-order valence-corrected chi connectivity index (χ2v) is 6.67. The minimum Gasteiger partial charge on any atom is -0.497 e. The molecule has 1 aromatic heterocycles. The fourth-order valence-corrected chi connectivity index (χ4v) is 3.24. The lowest BCUT2D eigenvalue weighted by atomic mass is 10.2. The summed E-state index contributed by atoms with van der Waals surface area (Å²) in [4.78, 5) is 29.8. The smallest absolute Gasteiger partial charge is 0.281 e. The van der Waals surface area contributed by atoms with E-state index in [1.54, 1.807) is 42.7 Å². The van der Waals surface area contributed by atoms with E-state index in [4.69, 9.17) is 4.74 Å². The average Bonchev–Trinajstić information content (AvgIpc) is 2.64. The Kier molecular flexibility index (Phi) is 5.10. The lowest BCUT2D eigenvalue weighted by Gasteiger charge is -2.14. The zero-order valence-corrected chi connectivity index (χ0v) is 15.8. The number of nitrogens with one attached hydrogen (secondary N) is 1. The van der Waals surface area contributed by atoms with Gasteiger partial charge in [-0.2, -0.15) is 4.68 Å². The first-order valence-electron chi connectivity index (χ1n) is 7.26. The molecule has 0 atom stereocenters. The minimum absolute atomic E-state index is 0.331. The Morgan fingerprint density at radius 3 is 2.76 bits per heavy atom. The van der Waals surface area contributed by atoms with Gasteiger partial charge in [0.2, 0.25) is 0 Å². The van der Waals surface area contributed by atoms with Gasteiger partial charge in [0.25, 0.3) is 11.5 Å². The summed E-state index contributed by atoms with van der Waals surface area (Å²) < 4.78 is 6.91. The Morgan fingerprint density at radius 2 is 2.04 bits per heavy atom. The molecule has 25 heavy (non-hydrogen) atoms. The predicted molar refractivity (Wildman–Crippen MR) is 102 cm³/mol. The molecular formula is C17H14BrN3O3S. The molecule has 3 rings (SSSR count). The van der Waals surface area contributed by atoms with Crippen LogP contribution < -0.4 is 15.7 Å². The summed E-state index contributed by atoms with van der Waals surface area (Å²) in [5, 5.41) is 0.835. The first-order valence-corrected chi connectivity index (χ1v) is 9.27. The maximum atomic E-state index is 12.7. The van der Waals surface area contributed by atoms with Crippen molar-refractivity contribution in [2.45, 2.75) is 5.16 Å². The van der Waals surface area contributed by atoms with Crippen LogP contribution in [0.2, 0.25) is 0 Å². The van der Waals surface area contributed by atoms with Gasteiger partial charge in [-0.25, -0.2) is 4.98 Å². The molecule has 1 amide bonds. The van der Waals surface area contributed by atoms with Crippen molar-refractivity contribution in [3.05, 3.63) is 62.9 Å². The molecule has 1 heterocycles. The SMILES string of the molecule is COc1ccc(Br)c(C(=O)Nn2c(SC)nc3ccccc3c2=O)c1. The number of para-hydroxylation sites is 1. The monoisotopic (exact) mass is 419 g/mol. The standard InChI is InChI=1S/C17H14BrN3O3S/c1-24-10-7-8-13(18)12(9-10)15(22)20-21-16(23)11-5-3-4-6-14(11)19-17(21)25-2/h3-9H,1-2H3,(H,20,22). The second-order valence-electron chi connectivity index (χ2n) is 5.04. The minimum atomic E-state index is -0.444. The van der Waals surface area contributed by atoms with Crippen molar-refractivity contribution in [3.63, 3.8) is 0 Å². The molecule has 6 nitrogen and oxygen atoms in total. The van der Waals surface area contributed by atoms with Crippen LogP contribution >= 0.6 is 27.7 Å². The van der Waals surface area contributed by atoms with E-state index in [0.717, 1.165) is 0 Å². The molecule has 0 spiro atoms. The molecule has 0 aliphatic rings. The van der Waals surface area contributed by atoms with Crippen molar-refractivity contribution >= 4 is 44.5 Å². The summed E-state index contributed by atoms with van der Waals surface area (Å²) in [5.41, 5.74) is 3.24. The molecule has 0 aliphatic carbocycles. The van der Waals surface area contributed by atoms with Crippen molar-refractivity contribution in [2.75, 3.05) is 18.8 Å². The van der Waals surface area contributed by atoms with Gasteiger partial charge < -0.3 is 4.74 Å². The fourth-order valence-electron chi connectivity index (χ4n) is 2.32. The van der Waals surface area contributed by atoms with E-state index in [1.165, 1.54) is 23.5 Å². The molecule has 3 aromatic rings. The number of halogens is 1. The normalized spacial score (nSPS) is 10.7. The number of hydrogen-bond donors (Lipinski definition) is 1. The fraction of sp³-hybridized carbons (Fsp3) is 0.118. The van der Waals surface area contributed by atoms with E-state index >= 15 is 0 Å². The number of carbonyl (C=O) groups is 1. The van der Waals surface area contributed by atoms with Gasteiger partial charge in [0.1, 0.15) is 5.75 Å². The van der Waals surface area contributed by atoms with E-state index in [1.807, 2.05) is 6.07 Å². The molecule has 0 saturated heterocycles. The van der Waals surface area contributed by atoms with Crippen LogP contribution in [0.15, 0.2) is 56.9 Å². The summed E-state index contributed by atoms with van der Waals surface area (Å²) >= 11 is 4.62. The van der Waals surface area contributed by atoms with Crippen LogP contribution in [-0.2, 0) is 0 Å². The topological polar surface area (TPSA) is 73.2 Å². The third-order valence-electron chi connectivity index (χ3n) is 3.56. The van der Waals surface area contributed by atoms with Crippen molar-refractivity contribution in [1.82, 2.24) is 9.66 Å². The summed E-state index contributed by atoms with van der Waals surface area (Å²) in [5.74, 6) is 0.0997. The summed E-state index contributed by atoms with van der Waals surface area (Å²) in [6.45, 7) is 0. The highest BCUT2D eigenvalue weighted by Crippen LogP contribution is 2.23. The van der Waals surface area contributed by atoms with Gasteiger partial charge in [0.15, 0.2) is 5.16 Å². The van der Waals surface area contributed by atoms with Crippen molar-refractivity contribution in [1.29, 1.82) is 0 Å². The number of amides is 1. The number of hydrogen-bond acceptors (Lipinski definition) is 5. The lowest BCUT2D eigenvalue weighted by molar-refractivity contribution is 0.100. The van der Waals surface area contributed by atoms with Crippen LogP contribution in [0.4, 0.5) is 0 Å². The number of carbonyl (C=O) groups excluding carboxylic acids is 1. The Morgan fingerprint density at radius 1 is 1.28 bits per heavy atom. The van der Waals surface area contributed by atoms with Crippen LogP contribution in [0.3, 0.4) is 0 Å². The van der Waals surface area contributed by atoms with E-state index in [2.05, 4.69) is 26.3 Å². The first-order chi connectivity index (χ1) is 12.0. The van der Waals surface area contributed by atoms with Crippen LogP contribution in [0.5, 0.6) is 5.75 Å². The van der Waals surface area contributed by atoms with Crippen molar-refractivity contribution in [2.24, 2.45) is 0 Å². The Labute approximate surface area is 156 Å². The van der Waals surface area contributed by atoms with Gasteiger partial charge in [-0.3, -0.25) is 15.0 Å². The van der Waals surface area contributed by atoms with Crippen LogP contribution in [0, 0.1) is 0 Å². The van der Waals surface area contributed by atoms with E-state index in [0.29, 0.717) is 31.8 Å². The summed E-state index contributed by atoms with van der Waals surface area (Å²) in [6, 6.07) is 12.1. The molecule has 0 saturated carbocycles. The molecule has 2 aromatic carbocycles. The van der Waals surface area contributed by atoms with Crippen LogP contribution in [0.25, 0.3) is 10.9 Å². The Balaban J connectivity index is 2.07. The zero-order valence-electron chi connectivity index (χ0n) is 13.4. The number of ether oxygens (including phenoxy) is 1. The predicted octanol–water partition coefficient (Wildman–Crippen LogP) is 3.27. The molecule has 1 N–H and O–H groups in total. The molecular weight excluding hydrogens is 406 g/mol. The maximum Gasteiger partial charge on any atom is 0.281 e. The van der Waals surface area contributed by atoms with Crippen molar-refractivity contribution in [3.8, 4) is 5.75 Å². The van der Waals surface area contributed by atoms with Crippen molar-refractivity contribution < 1.29 is 9.53 Å². The van der Waals surface area contributed by atoms with Crippen LogP contribution in [0.1, 0.15) is 10.4 Å². The van der Waals surface area contributed by atoms with Gasteiger partial charge in [-0.1, -0.05) is 23.9 Å². The van der Waals surface area contributed by atoms with E-state index in [-0.39, 0.29) is 5.56 Å². The van der Waals surface area contributed by atoms with Gasteiger partial charge in [-0.15, -0.1) is 0 Å². The van der Waals surface area contributed by atoms with E-state index in [9.17, 15) is 9.59 Å². The number of aromatic nitrogens is 2. The molecule has 128 valence electrons. The van der Waals surface area contributed by atoms with Gasteiger partial charge in [-0.05, 0) is 52.5 Å². The summed E-state index contributed by atoms with van der Waals surface area (Å²) in [7, 11) is 1.52. The van der Waals surface area contributed by atoms with Crippen LogP contribution in [-0.4, -0.2) is 28.9 Å². The number of nitrogens with zero attached hydrogens (tertiary/aromatic N) is 2. The molecule has 0 unspecified atom stereocenters. The molecule has 8 heteroatoms. The number of thioether (sulfide) groups is 1. The van der Waals surface area contributed by atoms with Gasteiger partial charge in [0.05, 0.1) is 23.6 Å². The van der Waals surface area contributed by atoms with Gasteiger partial charge >= 0.3 is 0 Å². The zero-order chi connectivity index (χ0) is 18.0. The molecule has 0 aliphatic heterocycles. The van der Waals surface area contributed by atoms with Gasteiger partial charge in [0, 0.05) is 4.47 Å². The first kappa shape index (κ1) is 17.5. The largest absolute Gasteiger partial charge is 0.497 e. The number of rotatable bonds is 4. The molecule has 0 fully saturated rings. The molecule has 0 radical (unpaired) electrons. The average molecular weight is 420 g/mol. The number of benzene rings is 2. The second kappa shape index (κ2) is 7.28. The number of methoxy groups -OCH3 is 1. The number of fused-ring (bicyclic) bond motifs is 1. The molecule has 0 bridgehead atoms. The highest BCUT2D eigenvalue weighted by Gasteiger charge is 2.16. The third kappa shape index (κ3) is 3.40. The highest BCUT2D eigenvalue weighted by atomic mass is 79.9. The quantitative estimate of drug-likeness (QED) is 0.518. The Bertz CT molecular complexity index is 1020. The summed E-state index contributed by atoms with van der Waals surface area (Å²) in [6.07, 6.45) is 1.79. The maximum absolute atomic E-state index is 12.7. The Hall–Kier alpha value is -2.32.